The Morgan fingerprint density at radius 3 is 2.32 bits per heavy atom. The summed E-state index contributed by atoms with van der Waals surface area (Å²) in [7, 11) is 0. The van der Waals surface area contributed by atoms with Gasteiger partial charge in [0, 0.05) is 17.6 Å². The number of fused-ring (bicyclic) bond motifs is 1. The first-order chi connectivity index (χ1) is 13.7. The van der Waals surface area contributed by atoms with E-state index in [9.17, 15) is 24.9 Å². The molecule has 9 heteroatoms. The van der Waals surface area contributed by atoms with Gasteiger partial charge in [-0.1, -0.05) is 41.9 Å². The number of carboxylic acid groups (broad SMARTS) is 2. The summed E-state index contributed by atoms with van der Waals surface area (Å²) in [5.41, 5.74) is 1.52. The monoisotopic (exact) mass is 489 g/mol. The molecule has 0 saturated heterocycles. The van der Waals surface area contributed by atoms with Crippen LogP contribution in [0.1, 0.15) is 35.3 Å². The first kappa shape index (κ1) is 27.2. The van der Waals surface area contributed by atoms with E-state index in [-0.39, 0.29) is 43.7 Å². The number of aliphatic hydroxyl groups is 1. The van der Waals surface area contributed by atoms with Crippen LogP contribution in [0, 0.1) is 5.41 Å². The number of nitrogens with one attached hydrogen (secondary N) is 1. The van der Waals surface area contributed by atoms with E-state index >= 15 is 0 Å². The summed E-state index contributed by atoms with van der Waals surface area (Å²) in [4.78, 5) is 23.1. The summed E-state index contributed by atoms with van der Waals surface area (Å²) in [5, 5.41) is 33.0. The number of carboxylic acids is 2. The van der Waals surface area contributed by atoms with Crippen LogP contribution in [0.2, 0.25) is 5.02 Å². The topological polar surface area (TPSA) is 107 Å². The van der Waals surface area contributed by atoms with Gasteiger partial charge in [-0.05, 0) is 60.6 Å². The molecule has 0 saturated carbocycles. The van der Waals surface area contributed by atoms with Gasteiger partial charge in [0.1, 0.15) is 0 Å². The van der Waals surface area contributed by atoms with Crippen molar-refractivity contribution in [1.29, 1.82) is 0 Å². The normalized spacial score (nSPS) is 15.7. The number of aliphatic hydroxyl groups excluding tert-OH is 1. The van der Waals surface area contributed by atoms with Gasteiger partial charge in [-0.2, -0.15) is 0 Å². The van der Waals surface area contributed by atoms with Gasteiger partial charge in [-0.25, -0.2) is 0 Å². The van der Waals surface area contributed by atoms with Gasteiger partial charge in [0.15, 0.2) is 5.41 Å². The van der Waals surface area contributed by atoms with E-state index in [0.29, 0.717) is 18.0 Å². The number of rotatable bonds is 8. The minimum absolute atomic E-state index is 0. The highest BCUT2D eigenvalue weighted by Gasteiger charge is 2.50. The van der Waals surface area contributed by atoms with Crippen LogP contribution < -0.4 is 5.32 Å². The fourth-order valence-electron chi connectivity index (χ4n) is 3.82. The third kappa shape index (κ3) is 6.11. The maximum Gasteiger partial charge on any atom is 0.321 e. The molecule has 0 aliphatic heterocycles. The van der Waals surface area contributed by atoms with Crippen molar-refractivity contribution >= 4 is 48.4 Å². The van der Waals surface area contributed by atoms with Crippen LogP contribution >= 0.6 is 36.4 Å². The Kier molecular flexibility index (Phi) is 9.79. The first-order valence-corrected chi connectivity index (χ1v) is 9.83. The lowest BCUT2D eigenvalue weighted by Crippen LogP contribution is -2.40. The summed E-state index contributed by atoms with van der Waals surface area (Å²) in [6.07, 6.45) is -0.00550. The molecule has 170 valence electrons. The van der Waals surface area contributed by atoms with E-state index in [0.717, 1.165) is 22.3 Å². The molecule has 2 aromatic carbocycles. The molecule has 0 heterocycles. The standard InChI is InChI=1S/C22H24ClNO5.2ClH/c1-13(24-12-19(25)15-3-2-4-18(23)9-15)7-14-5-6-16-10-22(20(26)27,21(28)29)11-17(16)8-14;;/h2-6,8-9,13,19,24-25H,7,10-12H2,1H3,(H,26,27)(H,28,29);2*1H/t13-,19+;;/m1../s1. The molecule has 2 aromatic rings. The molecule has 0 radical (unpaired) electrons. The number of hydrogen-bond donors (Lipinski definition) is 4. The second-order valence-electron chi connectivity index (χ2n) is 7.73. The average Bonchev–Trinajstić information content (AvgIpc) is 3.06. The molecule has 0 amide bonds. The van der Waals surface area contributed by atoms with E-state index in [1.807, 2.05) is 31.2 Å². The average molecular weight is 491 g/mol. The van der Waals surface area contributed by atoms with Gasteiger partial charge in [0.2, 0.25) is 0 Å². The van der Waals surface area contributed by atoms with Crippen molar-refractivity contribution in [3.63, 3.8) is 0 Å². The Morgan fingerprint density at radius 1 is 1.06 bits per heavy atom. The molecule has 3 rings (SSSR count). The fourth-order valence-corrected chi connectivity index (χ4v) is 4.02. The van der Waals surface area contributed by atoms with E-state index < -0.39 is 23.5 Å². The molecule has 1 aliphatic rings. The molecule has 6 nitrogen and oxygen atoms in total. The number of carbonyl (C=O) groups is 2. The van der Waals surface area contributed by atoms with E-state index in [1.165, 1.54) is 0 Å². The van der Waals surface area contributed by atoms with Gasteiger partial charge < -0.3 is 20.6 Å². The summed E-state index contributed by atoms with van der Waals surface area (Å²) in [6, 6.07) is 12.8. The Hall–Kier alpha value is -1.83. The smallest absolute Gasteiger partial charge is 0.321 e. The zero-order valence-corrected chi connectivity index (χ0v) is 19.3. The SMILES string of the molecule is C[C@H](Cc1ccc2c(c1)CC(C(=O)O)(C(=O)O)C2)NC[C@H](O)c1cccc(Cl)c1.Cl.Cl. The molecule has 0 bridgehead atoms. The lowest BCUT2D eigenvalue weighted by molar-refractivity contribution is -0.163. The van der Waals surface area contributed by atoms with Gasteiger partial charge >= 0.3 is 11.9 Å². The van der Waals surface area contributed by atoms with Crippen LogP contribution in [0.15, 0.2) is 42.5 Å². The van der Waals surface area contributed by atoms with Crippen LogP contribution in [0.4, 0.5) is 0 Å². The van der Waals surface area contributed by atoms with Crippen LogP contribution in [-0.4, -0.2) is 39.8 Å². The number of hydrogen-bond acceptors (Lipinski definition) is 4. The molecule has 2 atom stereocenters. The summed E-state index contributed by atoms with van der Waals surface area (Å²) in [6.45, 7) is 2.37. The van der Waals surface area contributed by atoms with Gasteiger partial charge in [0.05, 0.1) is 6.10 Å². The van der Waals surface area contributed by atoms with Crippen LogP contribution in [0.5, 0.6) is 0 Å². The summed E-state index contributed by atoms with van der Waals surface area (Å²) < 4.78 is 0. The Morgan fingerprint density at radius 2 is 1.71 bits per heavy atom. The van der Waals surface area contributed by atoms with Crippen molar-refractivity contribution in [3.8, 4) is 0 Å². The van der Waals surface area contributed by atoms with Gasteiger partial charge in [-0.3, -0.25) is 9.59 Å². The zero-order chi connectivity index (χ0) is 21.2. The van der Waals surface area contributed by atoms with Gasteiger partial charge in [0.25, 0.3) is 0 Å². The highest BCUT2D eigenvalue weighted by Crippen LogP contribution is 2.38. The highest BCUT2D eigenvalue weighted by molar-refractivity contribution is 6.30. The Labute approximate surface area is 198 Å². The fraction of sp³-hybridized carbons (Fsp3) is 0.364. The van der Waals surface area contributed by atoms with Crippen LogP contribution in [0.25, 0.3) is 0 Å². The molecule has 0 unspecified atom stereocenters. The lowest BCUT2D eigenvalue weighted by atomic mass is 9.85. The number of aliphatic carboxylic acids is 2. The Bertz CT molecular complexity index is 923. The third-order valence-electron chi connectivity index (χ3n) is 5.51. The molecule has 1 aliphatic carbocycles. The predicted octanol–water partition coefficient (Wildman–Crippen LogP) is 3.69. The Balaban J connectivity index is 0.00000240. The maximum absolute atomic E-state index is 11.6. The molecule has 4 N–H and O–H groups in total. The van der Waals surface area contributed by atoms with Crippen molar-refractivity contribution in [2.45, 2.75) is 38.3 Å². The number of benzene rings is 2. The van der Waals surface area contributed by atoms with Crippen LogP contribution in [-0.2, 0) is 28.9 Å². The highest BCUT2D eigenvalue weighted by atomic mass is 35.5. The molecule has 0 fully saturated rings. The van der Waals surface area contributed by atoms with Crippen molar-refractivity contribution in [2.75, 3.05) is 6.54 Å². The molecule has 31 heavy (non-hydrogen) atoms. The first-order valence-electron chi connectivity index (χ1n) is 9.45. The maximum atomic E-state index is 11.6. The molecular weight excluding hydrogens is 465 g/mol. The molecular formula is C22H26Cl3NO5. The predicted molar refractivity (Wildman–Crippen MR) is 124 cm³/mol. The summed E-state index contributed by atoms with van der Waals surface area (Å²) in [5.74, 6) is -2.60. The van der Waals surface area contributed by atoms with Crippen LogP contribution in [0.3, 0.4) is 0 Å². The molecule has 0 spiro atoms. The lowest BCUT2D eigenvalue weighted by Gasteiger charge is -2.18. The van der Waals surface area contributed by atoms with Crippen molar-refractivity contribution in [3.05, 3.63) is 69.7 Å². The van der Waals surface area contributed by atoms with Crippen molar-refractivity contribution in [1.82, 2.24) is 5.32 Å². The zero-order valence-electron chi connectivity index (χ0n) is 16.9. The van der Waals surface area contributed by atoms with E-state index in [1.54, 1.807) is 18.2 Å². The van der Waals surface area contributed by atoms with E-state index in [4.69, 9.17) is 11.6 Å². The minimum Gasteiger partial charge on any atom is -0.480 e. The quantitative estimate of drug-likeness (QED) is 0.421. The third-order valence-corrected chi connectivity index (χ3v) is 5.74. The van der Waals surface area contributed by atoms with Crippen molar-refractivity contribution in [2.24, 2.45) is 5.41 Å². The number of halogens is 3. The van der Waals surface area contributed by atoms with Gasteiger partial charge in [-0.15, -0.1) is 24.8 Å². The second-order valence-corrected chi connectivity index (χ2v) is 8.17. The summed E-state index contributed by atoms with van der Waals surface area (Å²) >= 11 is 5.96. The minimum atomic E-state index is -1.77. The largest absolute Gasteiger partial charge is 0.480 e. The van der Waals surface area contributed by atoms with Crippen molar-refractivity contribution < 1.29 is 24.9 Å². The molecule has 0 aromatic heterocycles. The van der Waals surface area contributed by atoms with E-state index in [2.05, 4.69) is 5.32 Å². The second kappa shape index (κ2) is 11.2.